The number of benzene rings is 1. The summed E-state index contributed by atoms with van der Waals surface area (Å²) in [5.74, 6) is 0.161. The fourth-order valence-corrected chi connectivity index (χ4v) is 1.49. The van der Waals surface area contributed by atoms with Gasteiger partial charge in [0.2, 0.25) is 11.8 Å². The summed E-state index contributed by atoms with van der Waals surface area (Å²) in [4.78, 5) is 0. The number of halogens is 2. The SMILES string of the molecule is CCC(N)c1nnc(-c2ccc(F)c(Cl)c2)o1. The maximum atomic E-state index is 13.0. The number of hydrogen-bond acceptors (Lipinski definition) is 4. The first kappa shape index (κ1) is 12.0. The lowest BCUT2D eigenvalue weighted by Crippen LogP contribution is -2.08. The summed E-state index contributed by atoms with van der Waals surface area (Å²) in [7, 11) is 0. The van der Waals surface area contributed by atoms with Gasteiger partial charge in [0.05, 0.1) is 11.1 Å². The minimum absolute atomic E-state index is 0.0158. The summed E-state index contributed by atoms with van der Waals surface area (Å²) in [5.41, 5.74) is 6.33. The van der Waals surface area contributed by atoms with Gasteiger partial charge in [0.1, 0.15) is 5.82 Å². The smallest absolute Gasteiger partial charge is 0.247 e. The summed E-state index contributed by atoms with van der Waals surface area (Å²) in [6.07, 6.45) is 0.700. The molecule has 17 heavy (non-hydrogen) atoms. The largest absolute Gasteiger partial charge is 0.419 e. The third kappa shape index (κ3) is 2.45. The molecule has 0 aliphatic carbocycles. The van der Waals surface area contributed by atoms with Gasteiger partial charge in [-0.2, -0.15) is 0 Å². The van der Waals surface area contributed by atoms with Crippen molar-refractivity contribution in [2.24, 2.45) is 5.73 Å². The topological polar surface area (TPSA) is 64.9 Å². The summed E-state index contributed by atoms with van der Waals surface area (Å²) in [6.45, 7) is 1.92. The Labute approximate surface area is 103 Å². The van der Waals surface area contributed by atoms with Crippen LogP contribution in [0.3, 0.4) is 0 Å². The van der Waals surface area contributed by atoms with Gasteiger partial charge in [-0.1, -0.05) is 18.5 Å². The van der Waals surface area contributed by atoms with Crippen LogP contribution in [0.4, 0.5) is 4.39 Å². The van der Waals surface area contributed by atoms with Crippen LogP contribution in [0.2, 0.25) is 5.02 Å². The highest BCUT2D eigenvalue weighted by Crippen LogP contribution is 2.25. The molecular weight excluding hydrogens is 245 g/mol. The van der Waals surface area contributed by atoms with Gasteiger partial charge in [0.15, 0.2) is 0 Å². The van der Waals surface area contributed by atoms with E-state index in [2.05, 4.69) is 10.2 Å². The molecule has 6 heteroatoms. The summed E-state index contributed by atoms with van der Waals surface area (Å²) < 4.78 is 18.4. The maximum absolute atomic E-state index is 13.0. The summed E-state index contributed by atoms with van der Waals surface area (Å²) >= 11 is 5.67. The van der Waals surface area contributed by atoms with Crippen molar-refractivity contribution < 1.29 is 8.81 Å². The lowest BCUT2D eigenvalue weighted by molar-refractivity contribution is 0.452. The molecule has 0 bridgehead atoms. The summed E-state index contributed by atoms with van der Waals surface area (Å²) in [6, 6.07) is 3.93. The average molecular weight is 256 g/mol. The Kier molecular flexibility index (Phi) is 3.40. The molecule has 0 aliphatic heterocycles. The lowest BCUT2D eigenvalue weighted by atomic mass is 10.2. The third-order valence-corrected chi connectivity index (χ3v) is 2.65. The molecule has 0 aliphatic rings. The maximum Gasteiger partial charge on any atom is 0.247 e. The Bertz CT molecular complexity index is 529. The van der Waals surface area contributed by atoms with E-state index in [1.165, 1.54) is 18.2 Å². The molecular formula is C11H11ClFN3O. The second kappa shape index (κ2) is 4.81. The molecule has 0 spiro atoms. The normalized spacial score (nSPS) is 12.7. The van der Waals surface area contributed by atoms with Gasteiger partial charge < -0.3 is 10.2 Å². The Morgan fingerprint density at radius 2 is 2.24 bits per heavy atom. The Morgan fingerprint density at radius 3 is 2.88 bits per heavy atom. The predicted octanol–water partition coefficient (Wildman–Crippen LogP) is 2.94. The molecule has 1 atom stereocenters. The number of nitrogens with two attached hydrogens (primary N) is 1. The first-order valence-corrected chi connectivity index (χ1v) is 5.54. The molecule has 0 radical (unpaired) electrons. The van der Waals surface area contributed by atoms with Crippen LogP contribution in [0.15, 0.2) is 22.6 Å². The first-order valence-electron chi connectivity index (χ1n) is 5.16. The van der Waals surface area contributed by atoms with Crippen LogP contribution in [0.25, 0.3) is 11.5 Å². The van der Waals surface area contributed by atoms with E-state index in [0.29, 0.717) is 17.9 Å². The molecule has 2 N–H and O–H groups in total. The average Bonchev–Trinajstić information content (AvgIpc) is 2.81. The quantitative estimate of drug-likeness (QED) is 0.916. The minimum Gasteiger partial charge on any atom is -0.419 e. The van der Waals surface area contributed by atoms with Crippen molar-refractivity contribution in [1.82, 2.24) is 10.2 Å². The van der Waals surface area contributed by atoms with E-state index < -0.39 is 5.82 Å². The first-order chi connectivity index (χ1) is 8.11. The van der Waals surface area contributed by atoms with E-state index >= 15 is 0 Å². The van der Waals surface area contributed by atoms with Crippen LogP contribution in [0.1, 0.15) is 25.3 Å². The van der Waals surface area contributed by atoms with Gasteiger partial charge in [0, 0.05) is 5.56 Å². The van der Waals surface area contributed by atoms with Crippen LogP contribution in [0.5, 0.6) is 0 Å². The van der Waals surface area contributed by atoms with Gasteiger partial charge in [-0.05, 0) is 24.6 Å². The molecule has 1 heterocycles. The molecule has 4 nitrogen and oxygen atoms in total. The minimum atomic E-state index is -0.486. The van der Waals surface area contributed by atoms with Gasteiger partial charge in [-0.25, -0.2) is 4.39 Å². The molecule has 1 aromatic carbocycles. The zero-order valence-corrected chi connectivity index (χ0v) is 9.91. The van der Waals surface area contributed by atoms with E-state index in [0.717, 1.165) is 0 Å². The highest BCUT2D eigenvalue weighted by molar-refractivity contribution is 6.31. The Hall–Kier alpha value is -1.46. The van der Waals surface area contributed by atoms with E-state index in [9.17, 15) is 4.39 Å². The summed E-state index contributed by atoms with van der Waals surface area (Å²) in [5, 5.41) is 7.70. The highest BCUT2D eigenvalue weighted by atomic mass is 35.5. The molecule has 0 saturated carbocycles. The fourth-order valence-electron chi connectivity index (χ4n) is 1.30. The van der Waals surface area contributed by atoms with Gasteiger partial charge in [-0.3, -0.25) is 0 Å². The molecule has 2 aromatic rings. The standard InChI is InChI=1S/C11H11ClFN3O/c1-2-9(14)11-16-15-10(17-11)6-3-4-8(13)7(12)5-6/h3-5,9H,2,14H2,1H3. The molecule has 90 valence electrons. The number of nitrogens with zero attached hydrogens (tertiary/aromatic N) is 2. The number of aromatic nitrogens is 2. The van der Waals surface area contributed by atoms with E-state index in [1.54, 1.807) is 0 Å². The van der Waals surface area contributed by atoms with Crippen molar-refractivity contribution in [2.45, 2.75) is 19.4 Å². The zero-order chi connectivity index (χ0) is 12.4. The Morgan fingerprint density at radius 1 is 1.47 bits per heavy atom. The zero-order valence-electron chi connectivity index (χ0n) is 9.15. The molecule has 1 unspecified atom stereocenters. The second-order valence-corrected chi connectivity index (χ2v) is 4.00. The second-order valence-electron chi connectivity index (χ2n) is 3.59. The van der Waals surface area contributed by atoms with Gasteiger partial charge >= 0.3 is 0 Å². The molecule has 2 rings (SSSR count). The van der Waals surface area contributed by atoms with Crippen molar-refractivity contribution in [1.29, 1.82) is 0 Å². The van der Waals surface area contributed by atoms with Gasteiger partial charge in [-0.15, -0.1) is 10.2 Å². The van der Waals surface area contributed by atoms with Crippen LogP contribution < -0.4 is 5.73 Å². The predicted molar refractivity (Wildman–Crippen MR) is 61.9 cm³/mol. The Balaban J connectivity index is 2.33. The van der Waals surface area contributed by atoms with E-state index in [-0.39, 0.29) is 17.0 Å². The number of rotatable bonds is 3. The molecule has 0 fully saturated rings. The molecule has 0 saturated heterocycles. The van der Waals surface area contributed by atoms with Crippen LogP contribution in [-0.2, 0) is 0 Å². The van der Waals surface area contributed by atoms with Crippen molar-refractivity contribution in [3.63, 3.8) is 0 Å². The van der Waals surface area contributed by atoms with Crippen molar-refractivity contribution in [3.05, 3.63) is 34.9 Å². The van der Waals surface area contributed by atoms with E-state index in [4.69, 9.17) is 21.8 Å². The monoisotopic (exact) mass is 255 g/mol. The van der Waals surface area contributed by atoms with Crippen LogP contribution >= 0.6 is 11.6 Å². The van der Waals surface area contributed by atoms with Crippen molar-refractivity contribution in [3.8, 4) is 11.5 Å². The third-order valence-electron chi connectivity index (χ3n) is 2.36. The van der Waals surface area contributed by atoms with Crippen molar-refractivity contribution in [2.75, 3.05) is 0 Å². The highest BCUT2D eigenvalue weighted by Gasteiger charge is 2.14. The van der Waals surface area contributed by atoms with Crippen molar-refractivity contribution >= 4 is 11.6 Å². The number of hydrogen-bond donors (Lipinski definition) is 1. The lowest BCUT2D eigenvalue weighted by Gasteiger charge is -2.00. The van der Waals surface area contributed by atoms with Gasteiger partial charge in [0.25, 0.3) is 0 Å². The molecule has 1 aromatic heterocycles. The van der Waals surface area contributed by atoms with Crippen LogP contribution in [0, 0.1) is 5.82 Å². The van der Waals surface area contributed by atoms with E-state index in [1.807, 2.05) is 6.92 Å². The van der Waals surface area contributed by atoms with Crippen LogP contribution in [-0.4, -0.2) is 10.2 Å². The molecule has 0 amide bonds. The fraction of sp³-hybridized carbons (Fsp3) is 0.273.